The number of alkyl halides is 1. The maximum atomic E-state index is 12.3. The second-order valence-electron chi connectivity index (χ2n) is 5.19. The Bertz CT molecular complexity index is 596. The van der Waals surface area contributed by atoms with Crippen LogP contribution in [0.15, 0.2) is 48.5 Å². The van der Waals surface area contributed by atoms with Crippen LogP contribution in [-0.4, -0.2) is 5.91 Å². The highest BCUT2D eigenvalue weighted by Gasteiger charge is 2.26. The Balaban J connectivity index is 1.66. The zero-order valence-electron chi connectivity index (χ0n) is 11.1. The van der Waals surface area contributed by atoms with Gasteiger partial charge in [-0.25, -0.2) is 0 Å². The van der Waals surface area contributed by atoms with Gasteiger partial charge in [0.05, 0.1) is 0 Å². The number of amides is 1. The molecule has 0 bridgehead atoms. The Labute approximate surface area is 127 Å². The lowest BCUT2D eigenvalue weighted by Crippen LogP contribution is -2.23. The van der Waals surface area contributed by atoms with Crippen LogP contribution in [0, 0.1) is 5.92 Å². The van der Waals surface area contributed by atoms with Gasteiger partial charge in [-0.3, -0.25) is 4.79 Å². The summed E-state index contributed by atoms with van der Waals surface area (Å²) in [6.07, 6.45) is 1.70. The number of benzene rings is 2. The van der Waals surface area contributed by atoms with Gasteiger partial charge < -0.3 is 5.32 Å². The van der Waals surface area contributed by atoms with Gasteiger partial charge in [-0.15, -0.1) is 0 Å². The van der Waals surface area contributed by atoms with Crippen LogP contribution in [0.2, 0.25) is 0 Å². The fourth-order valence-corrected chi connectivity index (χ4v) is 3.04. The topological polar surface area (TPSA) is 29.1 Å². The van der Waals surface area contributed by atoms with E-state index in [1.165, 1.54) is 16.7 Å². The Morgan fingerprint density at radius 1 is 1.05 bits per heavy atom. The van der Waals surface area contributed by atoms with Gasteiger partial charge in [0.1, 0.15) is 0 Å². The number of carbonyl (C=O) groups excluding carboxylic acids is 1. The molecule has 0 heterocycles. The van der Waals surface area contributed by atoms with Crippen LogP contribution in [0.25, 0.3) is 0 Å². The number of anilines is 1. The van der Waals surface area contributed by atoms with E-state index in [9.17, 15) is 4.79 Å². The van der Waals surface area contributed by atoms with Gasteiger partial charge in [-0.05, 0) is 41.7 Å². The predicted molar refractivity (Wildman–Crippen MR) is 85.0 cm³/mol. The van der Waals surface area contributed by atoms with E-state index in [2.05, 4.69) is 33.4 Å². The lowest BCUT2D eigenvalue weighted by atomic mass is 10.1. The number of hydrogen-bond acceptors (Lipinski definition) is 1. The molecule has 0 saturated heterocycles. The number of rotatable bonds is 3. The third kappa shape index (κ3) is 2.78. The van der Waals surface area contributed by atoms with Crippen molar-refractivity contribution in [3.8, 4) is 0 Å². The van der Waals surface area contributed by atoms with Crippen LogP contribution in [0.4, 0.5) is 5.69 Å². The van der Waals surface area contributed by atoms with Crippen molar-refractivity contribution in [2.45, 2.75) is 18.2 Å². The Morgan fingerprint density at radius 3 is 2.20 bits per heavy atom. The summed E-state index contributed by atoms with van der Waals surface area (Å²) in [5.41, 5.74) is 4.69. The normalized spacial score (nSPS) is 14.1. The summed E-state index contributed by atoms with van der Waals surface area (Å²) in [4.78, 5) is 12.3. The third-order valence-corrected chi connectivity index (χ3v) is 4.45. The molecule has 0 aliphatic heterocycles. The molecular formula is C17H16BrNO. The molecule has 0 saturated carbocycles. The average Bonchev–Trinajstić information content (AvgIpc) is 2.92. The van der Waals surface area contributed by atoms with E-state index in [4.69, 9.17) is 0 Å². The molecular weight excluding hydrogens is 314 g/mol. The second kappa shape index (κ2) is 5.80. The molecule has 3 rings (SSSR count). The number of fused-ring (bicyclic) bond motifs is 1. The summed E-state index contributed by atoms with van der Waals surface area (Å²) in [7, 11) is 0. The van der Waals surface area contributed by atoms with Crippen LogP contribution in [0.5, 0.6) is 0 Å². The molecule has 0 atom stereocenters. The van der Waals surface area contributed by atoms with Gasteiger partial charge >= 0.3 is 0 Å². The molecule has 20 heavy (non-hydrogen) atoms. The first-order chi connectivity index (χ1) is 9.76. The number of hydrogen-bond donors (Lipinski definition) is 1. The number of halogens is 1. The largest absolute Gasteiger partial charge is 0.326 e. The molecule has 2 aromatic rings. The van der Waals surface area contributed by atoms with Crippen molar-refractivity contribution in [1.29, 1.82) is 0 Å². The minimum absolute atomic E-state index is 0.0586. The van der Waals surface area contributed by atoms with Crippen molar-refractivity contribution in [2.24, 2.45) is 5.92 Å². The molecule has 1 amide bonds. The smallest absolute Gasteiger partial charge is 0.228 e. The lowest BCUT2D eigenvalue weighted by molar-refractivity contribution is -0.119. The fourth-order valence-electron chi connectivity index (χ4n) is 2.67. The van der Waals surface area contributed by atoms with Crippen molar-refractivity contribution in [2.75, 3.05) is 5.32 Å². The summed E-state index contributed by atoms with van der Waals surface area (Å²) < 4.78 is 0. The van der Waals surface area contributed by atoms with E-state index in [0.717, 1.165) is 23.9 Å². The maximum Gasteiger partial charge on any atom is 0.228 e. The van der Waals surface area contributed by atoms with E-state index in [1.54, 1.807) is 0 Å². The van der Waals surface area contributed by atoms with Gasteiger partial charge in [-0.2, -0.15) is 0 Å². The van der Waals surface area contributed by atoms with Gasteiger partial charge in [-0.1, -0.05) is 52.3 Å². The maximum absolute atomic E-state index is 12.3. The van der Waals surface area contributed by atoms with Crippen LogP contribution in [0.1, 0.15) is 16.7 Å². The van der Waals surface area contributed by atoms with E-state index in [-0.39, 0.29) is 11.8 Å². The van der Waals surface area contributed by atoms with Crippen molar-refractivity contribution < 1.29 is 4.79 Å². The van der Waals surface area contributed by atoms with E-state index < -0.39 is 0 Å². The van der Waals surface area contributed by atoms with Gasteiger partial charge in [0.25, 0.3) is 0 Å². The average molecular weight is 330 g/mol. The summed E-state index contributed by atoms with van der Waals surface area (Å²) in [6.45, 7) is 0. The Hall–Kier alpha value is -1.61. The van der Waals surface area contributed by atoms with Crippen LogP contribution in [0.3, 0.4) is 0 Å². The van der Waals surface area contributed by atoms with Gasteiger partial charge in [0.15, 0.2) is 0 Å². The standard InChI is InChI=1S/C17H16BrNO/c18-11-12-5-7-16(8-6-12)19-17(20)15-9-13-3-1-2-4-14(13)10-15/h1-8,15H,9-11H2,(H,19,20). The van der Waals surface area contributed by atoms with E-state index >= 15 is 0 Å². The first kappa shape index (κ1) is 13.4. The molecule has 2 nitrogen and oxygen atoms in total. The lowest BCUT2D eigenvalue weighted by Gasteiger charge is -2.10. The summed E-state index contributed by atoms with van der Waals surface area (Å²) in [5.74, 6) is 0.177. The first-order valence-corrected chi connectivity index (χ1v) is 7.91. The minimum Gasteiger partial charge on any atom is -0.326 e. The molecule has 2 aromatic carbocycles. The molecule has 0 spiro atoms. The van der Waals surface area contributed by atoms with Crippen molar-refractivity contribution >= 4 is 27.5 Å². The van der Waals surface area contributed by atoms with E-state index in [1.807, 2.05) is 36.4 Å². The molecule has 0 unspecified atom stereocenters. The van der Waals surface area contributed by atoms with E-state index in [0.29, 0.717) is 0 Å². The zero-order chi connectivity index (χ0) is 13.9. The fraction of sp³-hybridized carbons (Fsp3) is 0.235. The van der Waals surface area contributed by atoms with Gasteiger partial charge in [0.2, 0.25) is 5.91 Å². The molecule has 102 valence electrons. The van der Waals surface area contributed by atoms with Gasteiger partial charge in [0, 0.05) is 16.9 Å². The molecule has 1 aliphatic rings. The highest BCUT2D eigenvalue weighted by atomic mass is 79.9. The van der Waals surface area contributed by atoms with Crippen LogP contribution < -0.4 is 5.32 Å². The second-order valence-corrected chi connectivity index (χ2v) is 5.75. The SMILES string of the molecule is O=C(Nc1ccc(CBr)cc1)C1Cc2ccccc2C1. The number of carbonyl (C=O) groups is 1. The van der Waals surface area contributed by atoms with Crippen molar-refractivity contribution in [3.63, 3.8) is 0 Å². The summed E-state index contributed by atoms with van der Waals surface area (Å²) in [5, 5.41) is 3.85. The highest BCUT2D eigenvalue weighted by molar-refractivity contribution is 9.08. The molecule has 1 N–H and O–H groups in total. The van der Waals surface area contributed by atoms with Crippen molar-refractivity contribution in [3.05, 3.63) is 65.2 Å². The summed E-state index contributed by atoms with van der Waals surface area (Å²) in [6, 6.07) is 16.3. The highest BCUT2D eigenvalue weighted by Crippen LogP contribution is 2.27. The molecule has 0 fully saturated rings. The predicted octanol–water partition coefficient (Wildman–Crippen LogP) is 3.94. The van der Waals surface area contributed by atoms with Crippen molar-refractivity contribution in [1.82, 2.24) is 0 Å². The molecule has 3 heteroatoms. The number of nitrogens with one attached hydrogen (secondary N) is 1. The Kier molecular flexibility index (Phi) is 3.88. The molecule has 0 radical (unpaired) electrons. The summed E-state index contributed by atoms with van der Waals surface area (Å²) >= 11 is 3.42. The molecule has 0 aromatic heterocycles. The third-order valence-electron chi connectivity index (χ3n) is 3.80. The zero-order valence-corrected chi connectivity index (χ0v) is 12.7. The minimum atomic E-state index is 0.0586. The first-order valence-electron chi connectivity index (χ1n) is 6.79. The monoisotopic (exact) mass is 329 g/mol. The quantitative estimate of drug-likeness (QED) is 0.849. The Morgan fingerprint density at radius 2 is 1.65 bits per heavy atom. The molecule has 1 aliphatic carbocycles. The van der Waals surface area contributed by atoms with Crippen LogP contribution >= 0.6 is 15.9 Å². The van der Waals surface area contributed by atoms with Crippen LogP contribution in [-0.2, 0) is 23.0 Å².